The van der Waals surface area contributed by atoms with Gasteiger partial charge in [0.2, 0.25) is 0 Å². The summed E-state index contributed by atoms with van der Waals surface area (Å²) >= 11 is 0. The molecule has 7 heteroatoms. The molecule has 1 aromatic carbocycles. The van der Waals surface area contributed by atoms with Gasteiger partial charge in [0.1, 0.15) is 5.54 Å². The molecule has 0 radical (unpaired) electrons. The van der Waals surface area contributed by atoms with E-state index in [0.29, 0.717) is 18.5 Å². The first-order chi connectivity index (χ1) is 9.55. The number of anilines is 1. The largest absolute Gasteiger partial charge is 0.341 e. The molecule has 0 aromatic heterocycles. The first-order valence-corrected chi connectivity index (χ1v) is 6.31. The van der Waals surface area contributed by atoms with Crippen LogP contribution in [0.3, 0.4) is 0 Å². The second-order valence-corrected chi connectivity index (χ2v) is 4.89. The SMILES string of the molecule is CNC(=O)Nc1ccc2c(c1)CCC21NC(=O)NC1=O. The Labute approximate surface area is 115 Å². The van der Waals surface area contributed by atoms with Crippen LogP contribution < -0.4 is 21.3 Å². The van der Waals surface area contributed by atoms with Crippen LogP contribution in [0.2, 0.25) is 0 Å². The second-order valence-electron chi connectivity index (χ2n) is 4.89. The van der Waals surface area contributed by atoms with Crippen molar-refractivity contribution < 1.29 is 14.4 Å². The van der Waals surface area contributed by atoms with Crippen molar-refractivity contribution in [2.24, 2.45) is 0 Å². The Bertz CT molecular complexity index is 628. The predicted octanol–water partition coefficient (Wildman–Crippen LogP) is 0.419. The number of imide groups is 1. The van der Waals surface area contributed by atoms with Gasteiger partial charge in [0.15, 0.2) is 0 Å². The van der Waals surface area contributed by atoms with Crippen molar-refractivity contribution in [1.29, 1.82) is 0 Å². The van der Waals surface area contributed by atoms with Gasteiger partial charge < -0.3 is 16.0 Å². The zero-order valence-electron chi connectivity index (χ0n) is 10.9. The Balaban J connectivity index is 1.94. The molecule has 0 bridgehead atoms. The smallest absolute Gasteiger partial charge is 0.322 e. The number of hydrogen-bond donors (Lipinski definition) is 4. The molecule has 7 nitrogen and oxygen atoms in total. The lowest BCUT2D eigenvalue weighted by molar-refractivity contribution is -0.124. The number of carbonyl (C=O) groups is 3. The molecular formula is C13H14N4O3. The quantitative estimate of drug-likeness (QED) is 0.558. The summed E-state index contributed by atoms with van der Waals surface area (Å²) in [5.74, 6) is -0.312. The Hall–Kier alpha value is -2.57. The Kier molecular flexibility index (Phi) is 2.63. The third-order valence-corrected chi connectivity index (χ3v) is 3.76. The zero-order chi connectivity index (χ0) is 14.3. The molecule has 0 saturated carbocycles. The summed E-state index contributed by atoms with van der Waals surface area (Å²) in [4.78, 5) is 34.7. The summed E-state index contributed by atoms with van der Waals surface area (Å²) in [6, 6.07) is 4.56. The third kappa shape index (κ3) is 1.70. The second kappa shape index (κ2) is 4.22. The number of fused-ring (bicyclic) bond motifs is 2. The highest BCUT2D eigenvalue weighted by molar-refractivity contribution is 6.08. The van der Waals surface area contributed by atoms with Gasteiger partial charge in [0, 0.05) is 12.7 Å². The van der Waals surface area contributed by atoms with Gasteiger partial charge in [-0.25, -0.2) is 9.59 Å². The summed E-state index contributed by atoms with van der Waals surface area (Å²) in [6.07, 6.45) is 1.20. The predicted molar refractivity (Wildman–Crippen MR) is 71.2 cm³/mol. The van der Waals surface area contributed by atoms with Crippen molar-refractivity contribution in [3.63, 3.8) is 0 Å². The first-order valence-electron chi connectivity index (χ1n) is 6.31. The number of benzene rings is 1. The number of amides is 5. The molecule has 1 aliphatic heterocycles. The normalized spacial score (nSPS) is 23.2. The van der Waals surface area contributed by atoms with Gasteiger partial charge in [0.25, 0.3) is 5.91 Å². The topological polar surface area (TPSA) is 99.3 Å². The third-order valence-electron chi connectivity index (χ3n) is 3.76. The van der Waals surface area contributed by atoms with E-state index in [9.17, 15) is 14.4 Å². The van der Waals surface area contributed by atoms with Crippen molar-refractivity contribution >= 4 is 23.7 Å². The first kappa shape index (κ1) is 12.5. The van der Waals surface area contributed by atoms with Gasteiger partial charge in [-0.15, -0.1) is 0 Å². The summed E-state index contributed by atoms with van der Waals surface area (Å²) in [5.41, 5.74) is 1.46. The van der Waals surface area contributed by atoms with Crippen LogP contribution in [0.15, 0.2) is 18.2 Å². The number of aryl methyl sites for hydroxylation is 1. The number of nitrogens with one attached hydrogen (secondary N) is 4. The lowest BCUT2D eigenvalue weighted by Crippen LogP contribution is -2.41. The fourth-order valence-corrected chi connectivity index (χ4v) is 2.80. The minimum Gasteiger partial charge on any atom is -0.341 e. The average Bonchev–Trinajstić information content (AvgIpc) is 2.91. The fraction of sp³-hybridized carbons (Fsp3) is 0.308. The van der Waals surface area contributed by atoms with Gasteiger partial charge in [-0.3, -0.25) is 10.1 Å². The van der Waals surface area contributed by atoms with Crippen LogP contribution in [-0.2, 0) is 16.8 Å². The molecule has 5 amide bonds. The number of rotatable bonds is 1. The van der Waals surface area contributed by atoms with Gasteiger partial charge in [-0.1, -0.05) is 6.07 Å². The van der Waals surface area contributed by atoms with E-state index in [1.807, 2.05) is 6.07 Å². The molecule has 4 N–H and O–H groups in total. The summed E-state index contributed by atoms with van der Waals surface area (Å²) in [7, 11) is 1.54. The highest BCUT2D eigenvalue weighted by Gasteiger charge is 2.51. The zero-order valence-corrected chi connectivity index (χ0v) is 10.9. The minimum atomic E-state index is -0.946. The average molecular weight is 274 g/mol. The monoisotopic (exact) mass is 274 g/mol. The fourth-order valence-electron chi connectivity index (χ4n) is 2.80. The summed E-state index contributed by atoms with van der Waals surface area (Å²) < 4.78 is 0. The maximum Gasteiger partial charge on any atom is 0.322 e. The van der Waals surface area contributed by atoms with E-state index < -0.39 is 11.6 Å². The number of carbonyl (C=O) groups excluding carboxylic acids is 3. The van der Waals surface area contributed by atoms with Crippen LogP contribution in [-0.4, -0.2) is 25.0 Å². The van der Waals surface area contributed by atoms with Crippen LogP contribution in [0, 0.1) is 0 Å². The van der Waals surface area contributed by atoms with E-state index >= 15 is 0 Å². The molecule has 3 rings (SSSR count). The molecule has 20 heavy (non-hydrogen) atoms. The molecule has 1 atom stereocenters. The van der Waals surface area contributed by atoms with Crippen molar-refractivity contribution in [3.8, 4) is 0 Å². The summed E-state index contributed by atoms with van der Waals surface area (Å²) in [5, 5.41) is 10.1. The van der Waals surface area contributed by atoms with E-state index in [4.69, 9.17) is 0 Å². The molecule has 1 fully saturated rings. The molecule has 1 heterocycles. The highest BCUT2D eigenvalue weighted by Crippen LogP contribution is 2.40. The van der Waals surface area contributed by atoms with Gasteiger partial charge in [0.05, 0.1) is 0 Å². The molecular weight excluding hydrogens is 260 g/mol. The van der Waals surface area contributed by atoms with Crippen LogP contribution in [0.25, 0.3) is 0 Å². The lowest BCUT2D eigenvalue weighted by atomic mass is 9.92. The molecule has 2 aliphatic rings. The number of urea groups is 2. The van der Waals surface area contributed by atoms with Crippen LogP contribution in [0.4, 0.5) is 15.3 Å². The van der Waals surface area contributed by atoms with E-state index in [2.05, 4.69) is 21.3 Å². The Morgan fingerprint density at radius 3 is 2.80 bits per heavy atom. The van der Waals surface area contributed by atoms with E-state index in [1.54, 1.807) is 12.1 Å². The van der Waals surface area contributed by atoms with E-state index in [0.717, 1.165) is 11.1 Å². The highest BCUT2D eigenvalue weighted by atomic mass is 16.2. The molecule has 1 aliphatic carbocycles. The van der Waals surface area contributed by atoms with Crippen molar-refractivity contribution in [3.05, 3.63) is 29.3 Å². The molecule has 1 unspecified atom stereocenters. The minimum absolute atomic E-state index is 0.301. The van der Waals surface area contributed by atoms with E-state index in [-0.39, 0.29) is 11.9 Å². The van der Waals surface area contributed by atoms with Crippen molar-refractivity contribution in [1.82, 2.24) is 16.0 Å². The van der Waals surface area contributed by atoms with Crippen LogP contribution in [0.5, 0.6) is 0 Å². The standard InChI is InChI=1S/C13H14N4O3/c1-14-11(19)15-8-2-3-9-7(6-8)4-5-13(9)10(18)16-12(20)17-13/h2-3,6H,4-5H2,1H3,(H2,14,15,19)(H2,16,17,18,20). The van der Waals surface area contributed by atoms with Gasteiger partial charge in [-0.05, 0) is 36.1 Å². The Morgan fingerprint density at radius 1 is 1.35 bits per heavy atom. The van der Waals surface area contributed by atoms with E-state index in [1.165, 1.54) is 7.05 Å². The maximum absolute atomic E-state index is 12.0. The van der Waals surface area contributed by atoms with Gasteiger partial charge >= 0.3 is 12.1 Å². The maximum atomic E-state index is 12.0. The molecule has 104 valence electrons. The van der Waals surface area contributed by atoms with Crippen molar-refractivity contribution in [2.45, 2.75) is 18.4 Å². The molecule has 1 spiro atoms. The Morgan fingerprint density at radius 2 is 2.15 bits per heavy atom. The molecule has 1 aromatic rings. The lowest BCUT2D eigenvalue weighted by Gasteiger charge is -2.21. The van der Waals surface area contributed by atoms with Crippen LogP contribution >= 0.6 is 0 Å². The summed E-state index contributed by atoms with van der Waals surface area (Å²) in [6.45, 7) is 0. The van der Waals surface area contributed by atoms with Gasteiger partial charge in [-0.2, -0.15) is 0 Å². The van der Waals surface area contributed by atoms with Crippen molar-refractivity contribution in [2.75, 3.05) is 12.4 Å². The number of hydrogen-bond acceptors (Lipinski definition) is 3. The molecule has 1 saturated heterocycles. The van der Waals surface area contributed by atoms with Crippen LogP contribution in [0.1, 0.15) is 17.5 Å².